The summed E-state index contributed by atoms with van der Waals surface area (Å²) in [4.78, 5) is 11.5. The zero-order valence-corrected chi connectivity index (χ0v) is 8.01. The Labute approximate surface area is 79.7 Å². The van der Waals surface area contributed by atoms with Crippen molar-refractivity contribution < 1.29 is 4.79 Å². The largest absolute Gasteiger partial charge is 0.326 e. The fraction of sp³-hybridized carbons (Fsp3) is 0.545. The Bertz CT molecular complexity index is 214. The van der Waals surface area contributed by atoms with E-state index in [2.05, 4.69) is 18.5 Å². The fourth-order valence-corrected chi connectivity index (χ4v) is 1.68. The maximum atomic E-state index is 11.5. The monoisotopic (exact) mass is 179 g/mol. The van der Waals surface area contributed by atoms with Crippen molar-refractivity contribution in [1.82, 2.24) is 5.32 Å². The maximum Gasteiger partial charge on any atom is 0.227 e. The maximum absolute atomic E-state index is 11.5. The van der Waals surface area contributed by atoms with E-state index in [9.17, 15) is 4.79 Å². The van der Waals surface area contributed by atoms with Crippen LogP contribution in [0.4, 0.5) is 0 Å². The third-order valence-corrected chi connectivity index (χ3v) is 2.51. The van der Waals surface area contributed by atoms with Gasteiger partial charge in [0.15, 0.2) is 0 Å². The first-order valence-corrected chi connectivity index (χ1v) is 4.86. The highest BCUT2D eigenvalue weighted by Crippen LogP contribution is 2.23. The van der Waals surface area contributed by atoms with Gasteiger partial charge < -0.3 is 5.32 Å². The lowest BCUT2D eigenvalue weighted by molar-refractivity contribution is -0.125. The van der Waals surface area contributed by atoms with Crippen LogP contribution < -0.4 is 5.32 Å². The summed E-state index contributed by atoms with van der Waals surface area (Å²) < 4.78 is 0. The van der Waals surface area contributed by atoms with Gasteiger partial charge in [0.2, 0.25) is 5.91 Å². The lowest BCUT2D eigenvalue weighted by Gasteiger charge is -2.20. The molecule has 0 aromatic rings. The van der Waals surface area contributed by atoms with Crippen LogP contribution in [-0.4, -0.2) is 5.91 Å². The smallest absolute Gasteiger partial charge is 0.227 e. The van der Waals surface area contributed by atoms with E-state index in [-0.39, 0.29) is 11.8 Å². The SMILES string of the molecule is C=CC(=C)NC(=O)C1CCCCC1. The van der Waals surface area contributed by atoms with Crippen molar-refractivity contribution in [2.45, 2.75) is 32.1 Å². The molecule has 1 aliphatic carbocycles. The van der Waals surface area contributed by atoms with Crippen molar-refractivity contribution >= 4 is 5.91 Å². The van der Waals surface area contributed by atoms with Crippen LogP contribution in [-0.2, 0) is 4.79 Å². The summed E-state index contributed by atoms with van der Waals surface area (Å²) in [6.07, 6.45) is 7.25. The minimum Gasteiger partial charge on any atom is -0.326 e. The molecule has 72 valence electrons. The first-order valence-electron chi connectivity index (χ1n) is 4.86. The molecule has 1 aliphatic rings. The van der Waals surface area contributed by atoms with Gasteiger partial charge in [0.25, 0.3) is 0 Å². The van der Waals surface area contributed by atoms with Crippen molar-refractivity contribution in [3.8, 4) is 0 Å². The van der Waals surface area contributed by atoms with E-state index in [1.165, 1.54) is 19.3 Å². The molecule has 0 aromatic carbocycles. The number of hydrogen-bond donors (Lipinski definition) is 1. The second-order valence-corrected chi connectivity index (χ2v) is 3.55. The highest BCUT2D eigenvalue weighted by molar-refractivity contribution is 5.80. The lowest BCUT2D eigenvalue weighted by Crippen LogP contribution is -2.30. The van der Waals surface area contributed by atoms with Crippen LogP contribution in [0.1, 0.15) is 32.1 Å². The first kappa shape index (κ1) is 10.0. The predicted octanol–water partition coefficient (Wildman–Crippen LogP) is 2.38. The molecule has 0 unspecified atom stereocenters. The van der Waals surface area contributed by atoms with Gasteiger partial charge >= 0.3 is 0 Å². The number of hydrogen-bond acceptors (Lipinski definition) is 1. The molecule has 1 saturated carbocycles. The normalized spacial score (nSPS) is 17.8. The Morgan fingerprint density at radius 2 is 1.92 bits per heavy atom. The Morgan fingerprint density at radius 3 is 2.46 bits per heavy atom. The molecular formula is C11H17NO. The predicted molar refractivity (Wildman–Crippen MR) is 54.1 cm³/mol. The molecule has 1 amide bonds. The highest BCUT2D eigenvalue weighted by Gasteiger charge is 2.20. The van der Waals surface area contributed by atoms with Gasteiger partial charge in [-0.15, -0.1) is 0 Å². The van der Waals surface area contributed by atoms with E-state index < -0.39 is 0 Å². The molecule has 0 heterocycles. The van der Waals surface area contributed by atoms with E-state index >= 15 is 0 Å². The summed E-state index contributed by atoms with van der Waals surface area (Å²) in [5.74, 6) is 0.315. The van der Waals surface area contributed by atoms with Gasteiger partial charge in [0, 0.05) is 11.6 Å². The molecular weight excluding hydrogens is 162 g/mol. The summed E-state index contributed by atoms with van der Waals surface area (Å²) in [6, 6.07) is 0. The fourth-order valence-electron chi connectivity index (χ4n) is 1.68. The summed E-state index contributed by atoms with van der Waals surface area (Å²) in [7, 11) is 0. The molecule has 13 heavy (non-hydrogen) atoms. The molecule has 0 radical (unpaired) electrons. The quantitative estimate of drug-likeness (QED) is 0.662. The van der Waals surface area contributed by atoms with Crippen molar-refractivity contribution in [1.29, 1.82) is 0 Å². The molecule has 1 N–H and O–H groups in total. The van der Waals surface area contributed by atoms with Crippen molar-refractivity contribution in [3.05, 3.63) is 24.9 Å². The van der Waals surface area contributed by atoms with Gasteiger partial charge in [-0.05, 0) is 18.9 Å². The molecule has 1 fully saturated rings. The van der Waals surface area contributed by atoms with Gasteiger partial charge in [-0.2, -0.15) is 0 Å². The summed E-state index contributed by atoms with van der Waals surface area (Å²) in [5.41, 5.74) is 0.607. The minimum absolute atomic E-state index is 0.115. The molecule has 2 heteroatoms. The highest BCUT2D eigenvalue weighted by atomic mass is 16.1. The van der Waals surface area contributed by atoms with Crippen LogP contribution in [0.3, 0.4) is 0 Å². The molecule has 0 atom stereocenters. The van der Waals surface area contributed by atoms with E-state index in [1.807, 2.05) is 0 Å². The average molecular weight is 179 g/mol. The number of carbonyl (C=O) groups is 1. The Morgan fingerprint density at radius 1 is 1.31 bits per heavy atom. The Balaban J connectivity index is 2.37. The van der Waals surface area contributed by atoms with Crippen LogP contribution in [0.5, 0.6) is 0 Å². The van der Waals surface area contributed by atoms with E-state index in [0.29, 0.717) is 5.70 Å². The van der Waals surface area contributed by atoms with Gasteiger partial charge in [-0.1, -0.05) is 32.4 Å². The first-order chi connectivity index (χ1) is 6.24. The van der Waals surface area contributed by atoms with Crippen molar-refractivity contribution in [3.63, 3.8) is 0 Å². The second kappa shape index (κ2) is 4.85. The van der Waals surface area contributed by atoms with Crippen molar-refractivity contribution in [2.75, 3.05) is 0 Å². The van der Waals surface area contributed by atoms with E-state index in [1.54, 1.807) is 6.08 Å². The van der Waals surface area contributed by atoms with Crippen LogP contribution in [0.25, 0.3) is 0 Å². The van der Waals surface area contributed by atoms with E-state index in [4.69, 9.17) is 0 Å². The van der Waals surface area contributed by atoms with Gasteiger partial charge in [0.1, 0.15) is 0 Å². The summed E-state index contributed by atoms with van der Waals surface area (Å²) in [5, 5.41) is 2.75. The molecule has 0 saturated heterocycles. The Hall–Kier alpha value is -1.05. The molecule has 0 bridgehead atoms. The molecule has 2 nitrogen and oxygen atoms in total. The molecule has 0 aliphatic heterocycles. The zero-order chi connectivity index (χ0) is 9.68. The number of amides is 1. The Kier molecular flexibility index (Phi) is 3.74. The number of nitrogens with one attached hydrogen (secondary N) is 1. The third-order valence-electron chi connectivity index (χ3n) is 2.51. The molecule has 0 aromatic heterocycles. The van der Waals surface area contributed by atoms with Crippen molar-refractivity contribution in [2.24, 2.45) is 5.92 Å². The van der Waals surface area contributed by atoms with Crippen LogP contribution in [0, 0.1) is 5.92 Å². The third kappa shape index (κ3) is 3.05. The molecule has 0 spiro atoms. The average Bonchev–Trinajstić information content (AvgIpc) is 2.19. The zero-order valence-electron chi connectivity index (χ0n) is 8.01. The number of carbonyl (C=O) groups excluding carboxylic acids is 1. The van der Waals surface area contributed by atoms with Crippen LogP contribution >= 0.6 is 0 Å². The van der Waals surface area contributed by atoms with Crippen LogP contribution in [0.2, 0.25) is 0 Å². The van der Waals surface area contributed by atoms with Crippen LogP contribution in [0.15, 0.2) is 24.9 Å². The van der Waals surface area contributed by atoms with E-state index in [0.717, 1.165) is 12.8 Å². The summed E-state index contributed by atoms with van der Waals surface area (Å²) in [6.45, 7) is 7.20. The van der Waals surface area contributed by atoms with Gasteiger partial charge in [-0.25, -0.2) is 0 Å². The number of rotatable bonds is 3. The lowest BCUT2D eigenvalue weighted by atomic mass is 9.88. The number of allylic oxidation sites excluding steroid dienone is 1. The molecule has 1 rings (SSSR count). The second-order valence-electron chi connectivity index (χ2n) is 3.55. The topological polar surface area (TPSA) is 29.1 Å². The van der Waals surface area contributed by atoms with Gasteiger partial charge in [-0.3, -0.25) is 4.79 Å². The summed E-state index contributed by atoms with van der Waals surface area (Å²) >= 11 is 0. The minimum atomic E-state index is 0.115. The van der Waals surface area contributed by atoms with Gasteiger partial charge in [0.05, 0.1) is 0 Å². The standard InChI is InChI=1S/C11H17NO/c1-3-9(2)12-11(13)10-7-5-4-6-8-10/h3,10H,1-2,4-8H2,(H,12,13).